The minimum Gasteiger partial charge on any atom is -0.379 e. The molecule has 1 N–H and O–H groups in total. The highest BCUT2D eigenvalue weighted by molar-refractivity contribution is 6.04. The number of carbonyl (C=O) groups is 1. The number of rotatable bonds is 7. The van der Waals surface area contributed by atoms with Gasteiger partial charge in [0.2, 0.25) is 5.91 Å². The van der Waals surface area contributed by atoms with Gasteiger partial charge in [-0.1, -0.05) is 18.2 Å². The predicted octanol–water partition coefficient (Wildman–Crippen LogP) is 3.08. The summed E-state index contributed by atoms with van der Waals surface area (Å²) in [5.74, 6) is -0.0811. The molecule has 1 aromatic carbocycles. The zero-order chi connectivity index (χ0) is 23.5. The first-order valence-electron chi connectivity index (χ1n) is 11.0. The number of likely N-dealkylation sites (N-methyl/N-ethyl adjacent to an activating group) is 1. The Bertz CT molecular complexity index is 1210. The molecule has 1 amide bonds. The molecule has 0 unspecified atom stereocenters. The van der Waals surface area contributed by atoms with Crippen LogP contribution in [0.2, 0.25) is 0 Å². The lowest BCUT2D eigenvalue weighted by atomic mass is 10.0. The predicted molar refractivity (Wildman–Crippen MR) is 126 cm³/mol. The van der Waals surface area contributed by atoms with Crippen LogP contribution in [-0.2, 0) is 28.9 Å². The van der Waals surface area contributed by atoms with Crippen molar-refractivity contribution in [3.63, 3.8) is 0 Å². The van der Waals surface area contributed by atoms with Crippen molar-refractivity contribution in [2.24, 2.45) is 0 Å². The van der Waals surface area contributed by atoms with Gasteiger partial charge in [-0.15, -0.1) is 0 Å². The maximum atomic E-state index is 12.6. The number of nitriles is 1. The Kier molecular flexibility index (Phi) is 6.43. The third-order valence-electron chi connectivity index (χ3n) is 6.19. The van der Waals surface area contributed by atoms with E-state index in [1.54, 1.807) is 7.11 Å². The first kappa shape index (κ1) is 22.5. The van der Waals surface area contributed by atoms with Crippen LogP contribution < -0.4 is 10.2 Å². The van der Waals surface area contributed by atoms with E-state index in [0.717, 1.165) is 46.7 Å². The van der Waals surface area contributed by atoms with Crippen molar-refractivity contribution in [1.29, 1.82) is 5.26 Å². The molecule has 2 atom stereocenters. The second-order valence-electron chi connectivity index (χ2n) is 8.39. The fourth-order valence-electron chi connectivity index (χ4n) is 4.30. The fraction of sp³-hybridized carbons (Fsp3) is 0.360. The molecule has 0 saturated carbocycles. The Hall–Kier alpha value is -3.70. The lowest BCUT2D eigenvalue weighted by Gasteiger charge is -2.38. The average Bonchev–Trinajstić information content (AvgIpc) is 3.26. The smallest absolute Gasteiger partial charge is 0.249 e. The average molecular weight is 445 g/mol. The lowest BCUT2D eigenvalue weighted by Crippen LogP contribution is -2.52. The summed E-state index contributed by atoms with van der Waals surface area (Å²) in [7, 11) is 3.54. The van der Waals surface area contributed by atoms with Crippen LogP contribution in [0.3, 0.4) is 0 Å². The zero-order valence-electron chi connectivity index (χ0n) is 19.4. The van der Waals surface area contributed by atoms with Gasteiger partial charge >= 0.3 is 0 Å². The topological polar surface area (TPSA) is 96.1 Å². The van der Waals surface area contributed by atoms with Gasteiger partial charge < -0.3 is 15.0 Å². The van der Waals surface area contributed by atoms with Gasteiger partial charge in [-0.2, -0.15) is 10.4 Å². The monoisotopic (exact) mass is 444 g/mol. The molecule has 8 heteroatoms. The number of hydrogen-bond acceptors (Lipinski definition) is 6. The van der Waals surface area contributed by atoms with Crippen molar-refractivity contribution < 1.29 is 9.53 Å². The molecule has 0 radical (unpaired) electrons. The number of nitrogens with zero attached hydrogens (tertiary/aromatic N) is 5. The summed E-state index contributed by atoms with van der Waals surface area (Å²) < 4.78 is 7.28. The van der Waals surface area contributed by atoms with Gasteiger partial charge in [0.25, 0.3) is 0 Å². The highest BCUT2D eigenvalue weighted by Gasteiger charge is 2.36. The summed E-state index contributed by atoms with van der Waals surface area (Å²) in [4.78, 5) is 19.3. The zero-order valence-corrected chi connectivity index (χ0v) is 19.4. The number of aryl methyl sites for hydroxylation is 3. The molecular formula is C25H28N6O2. The minimum absolute atomic E-state index is 0.0811. The van der Waals surface area contributed by atoms with Gasteiger partial charge in [0.15, 0.2) is 0 Å². The number of methoxy groups -OCH3 is 1. The Morgan fingerprint density at radius 2 is 2.09 bits per heavy atom. The first-order valence-corrected chi connectivity index (χ1v) is 11.0. The maximum Gasteiger partial charge on any atom is 0.249 e. The number of fused-ring (bicyclic) bond motifs is 1. The standard InChI is InChI=1S/C25H28N6O2/c1-16-23-22(30(3)24(17(2)33-4)25(32)29-23)11-21(28-16)10-9-18-13-27-31(14-18)15-20-8-6-5-7-19(20)12-26/h5-8,11,13-14,17,24H,9-10,15H2,1-4H3,(H,29,32)/t17-,24+/m1/s1. The lowest BCUT2D eigenvalue weighted by molar-refractivity contribution is -0.120. The van der Waals surface area contributed by atoms with Crippen LogP contribution in [0.15, 0.2) is 42.7 Å². The molecular weight excluding hydrogens is 416 g/mol. The molecule has 3 aromatic rings. The van der Waals surface area contributed by atoms with E-state index in [1.165, 1.54) is 0 Å². The number of ether oxygens (including phenoxy) is 1. The van der Waals surface area contributed by atoms with E-state index in [4.69, 9.17) is 9.72 Å². The SMILES string of the molecule is CO[C@H](C)[C@H]1C(=O)Nc2c(cc(CCc3cnn(Cc4ccccc4C#N)c3)nc2C)N1C. The number of carbonyl (C=O) groups excluding carboxylic acids is 1. The van der Waals surface area contributed by atoms with Crippen LogP contribution in [0.5, 0.6) is 0 Å². The van der Waals surface area contributed by atoms with Gasteiger partial charge in [-0.3, -0.25) is 14.5 Å². The molecule has 0 aliphatic carbocycles. The molecule has 4 rings (SSSR count). The van der Waals surface area contributed by atoms with Crippen molar-refractivity contribution in [2.75, 3.05) is 24.4 Å². The van der Waals surface area contributed by atoms with Gasteiger partial charge in [0.1, 0.15) is 6.04 Å². The number of amides is 1. The molecule has 0 saturated heterocycles. The van der Waals surface area contributed by atoms with Gasteiger partial charge in [0, 0.05) is 26.0 Å². The van der Waals surface area contributed by atoms with E-state index in [-0.39, 0.29) is 12.0 Å². The highest BCUT2D eigenvalue weighted by atomic mass is 16.5. The maximum absolute atomic E-state index is 12.6. The van der Waals surface area contributed by atoms with E-state index in [2.05, 4.69) is 16.5 Å². The van der Waals surface area contributed by atoms with Crippen LogP contribution in [0.25, 0.3) is 0 Å². The molecule has 170 valence electrons. The molecule has 0 bridgehead atoms. The minimum atomic E-state index is -0.397. The van der Waals surface area contributed by atoms with Crippen LogP contribution in [0.1, 0.15) is 35.0 Å². The quantitative estimate of drug-likeness (QED) is 0.602. The molecule has 0 fully saturated rings. The third-order valence-corrected chi connectivity index (χ3v) is 6.19. The van der Waals surface area contributed by atoms with Crippen molar-refractivity contribution in [3.8, 4) is 6.07 Å². The highest BCUT2D eigenvalue weighted by Crippen LogP contribution is 2.35. The van der Waals surface area contributed by atoms with E-state index in [0.29, 0.717) is 12.1 Å². The summed E-state index contributed by atoms with van der Waals surface area (Å²) in [6.45, 7) is 4.37. The first-order chi connectivity index (χ1) is 15.9. The Labute approximate surface area is 193 Å². The number of pyridine rings is 1. The van der Waals surface area contributed by atoms with E-state index in [1.807, 2.05) is 73.2 Å². The molecule has 1 aliphatic rings. The number of nitrogens with one attached hydrogen (secondary N) is 1. The summed E-state index contributed by atoms with van der Waals surface area (Å²) >= 11 is 0. The van der Waals surface area contributed by atoms with Crippen molar-refractivity contribution in [1.82, 2.24) is 14.8 Å². The Balaban J connectivity index is 1.48. The molecule has 33 heavy (non-hydrogen) atoms. The van der Waals surface area contributed by atoms with Gasteiger partial charge in [-0.05, 0) is 49.9 Å². The van der Waals surface area contributed by atoms with E-state index >= 15 is 0 Å². The molecule has 1 aliphatic heterocycles. The normalized spacial score (nSPS) is 16.2. The van der Waals surface area contributed by atoms with Crippen LogP contribution >= 0.6 is 0 Å². The largest absolute Gasteiger partial charge is 0.379 e. The van der Waals surface area contributed by atoms with Crippen molar-refractivity contribution >= 4 is 17.3 Å². The number of hydrogen-bond donors (Lipinski definition) is 1. The summed E-state index contributed by atoms with van der Waals surface area (Å²) in [6.07, 6.45) is 5.18. The molecule has 8 nitrogen and oxygen atoms in total. The van der Waals surface area contributed by atoms with E-state index < -0.39 is 6.04 Å². The summed E-state index contributed by atoms with van der Waals surface area (Å²) in [5, 5.41) is 16.8. The molecule has 0 spiro atoms. The second-order valence-corrected chi connectivity index (χ2v) is 8.39. The fourth-order valence-corrected chi connectivity index (χ4v) is 4.30. The third kappa shape index (κ3) is 4.59. The van der Waals surface area contributed by atoms with Gasteiger partial charge in [0.05, 0.1) is 47.5 Å². The number of anilines is 2. The Morgan fingerprint density at radius 1 is 1.30 bits per heavy atom. The van der Waals surface area contributed by atoms with Crippen LogP contribution in [0, 0.1) is 18.3 Å². The second kappa shape index (κ2) is 9.43. The van der Waals surface area contributed by atoms with Crippen molar-refractivity contribution in [2.45, 2.75) is 45.4 Å². The van der Waals surface area contributed by atoms with Crippen LogP contribution in [0.4, 0.5) is 11.4 Å². The number of aromatic nitrogens is 3. The summed E-state index contributed by atoms with van der Waals surface area (Å²) in [5.41, 5.74) is 6.20. The molecule has 3 heterocycles. The van der Waals surface area contributed by atoms with Crippen LogP contribution in [-0.4, -0.2) is 47.0 Å². The van der Waals surface area contributed by atoms with Gasteiger partial charge in [-0.25, -0.2) is 0 Å². The molecule has 2 aromatic heterocycles. The summed E-state index contributed by atoms with van der Waals surface area (Å²) in [6, 6.07) is 11.5. The Morgan fingerprint density at radius 3 is 2.85 bits per heavy atom. The number of benzene rings is 1. The van der Waals surface area contributed by atoms with Crippen molar-refractivity contribution in [3.05, 3.63) is 70.8 Å². The van der Waals surface area contributed by atoms with E-state index in [9.17, 15) is 10.1 Å².